The molecular weight excluding hydrogens is 196 g/mol. The van der Waals surface area contributed by atoms with Crippen LogP contribution >= 0.6 is 0 Å². The van der Waals surface area contributed by atoms with E-state index in [1.807, 2.05) is 19.3 Å². The van der Waals surface area contributed by atoms with E-state index in [0.717, 1.165) is 17.8 Å². The van der Waals surface area contributed by atoms with Crippen LogP contribution in [0.25, 0.3) is 0 Å². The Labute approximate surface area is 96.4 Å². The zero-order chi connectivity index (χ0) is 11.5. The van der Waals surface area contributed by atoms with Gasteiger partial charge in [0, 0.05) is 30.2 Å². The Kier molecular flexibility index (Phi) is 3.00. The third kappa shape index (κ3) is 2.45. The average Bonchev–Trinajstić information content (AvgIpc) is 2.25. The highest BCUT2D eigenvalue weighted by molar-refractivity contribution is 5.29. The predicted molar refractivity (Wildman–Crippen MR) is 65.5 cm³/mol. The van der Waals surface area contributed by atoms with Crippen molar-refractivity contribution >= 4 is 0 Å². The first-order chi connectivity index (χ1) is 7.65. The van der Waals surface area contributed by atoms with E-state index >= 15 is 0 Å². The highest BCUT2D eigenvalue weighted by Gasteiger charge is 2.02. The minimum absolute atomic E-state index is 0.861. The molecule has 0 fully saturated rings. The molecule has 2 heteroatoms. The van der Waals surface area contributed by atoms with Crippen molar-refractivity contribution in [2.75, 3.05) is 0 Å². The monoisotopic (exact) mass is 212 g/mol. The maximum atomic E-state index is 4.41. The van der Waals surface area contributed by atoms with Gasteiger partial charge in [0.1, 0.15) is 0 Å². The normalized spacial score (nSPS) is 10.4. The lowest BCUT2D eigenvalue weighted by atomic mass is 10.1. The average molecular weight is 212 g/mol. The molecule has 82 valence electrons. The van der Waals surface area contributed by atoms with Crippen molar-refractivity contribution in [1.29, 1.82) is 0 Å². The van der Waals surface area contributed by atoms with Crippen LogP contribution in [-0.4, -0.2) is 9.97 Å². The summed E-state index contributed by atoms with van der Waals surface area (Å²) in [6.07, 6.45) is 4.72. The molecule has 0 spiro atoms. The Morgan fingerprint density at radius 3 is 2.44 bits per heavy atom. The number of pyridine rings is 2. The second-order valence-corrected chi connectivity index (χ2v) is 4.26. The van der Waals surface area contributed by atoms with Crippen LogP contribution in [-0.2, 0) is 6.42 Å². The molecule has 0 amide bonds. The Morgan fingerprint density at radius 1 is 1.00 bits per heavy atom. The molecule has 0 bridgehead atoms. The molecule has 16 heavy (non-hydrogen) atoms. The van der Waals surface area contributed by atoms with Crippen LogP contribution in [0.4, 0.5) is 0 Å². The maximum absolute atomic E-state index is 4.41. The van der Waals surface area contributed by atoms with E-state index in [1.54, 1.807) is 0 Å². The van der Waals surface area contributed by atoms with Gasteiger partial charge in [-0.05, 0) is 49.6 Å². The summed E-state index contributed by atoms with van der Waals surface area (Å²) in [7, 11) is 0. The second-order valence-electron chi connectivity index (χ2n) is 4.26. The van der Waals surface area contributed by atoms with Crippen molar-refractivity contribution in [3.05, 3.63) is 58.7 Å². The molecule has 0 aliphatic carbocycles. The van der Waals surface area contributed by atoms with Crippen LogP contribution < -0.4 is 0 Å². The first kappa shape index (κ1) is 10.8. The summed E-state index contributed by atoms with van der Waals surface area (Å²) in [4.78, 5) is 8.74. The molecule has 2 aromatic heterocycles. The molecule has 2 rings (SSSR count). The molecule has 0 atom stereocenters. The van der Waals surface area contributed by atoms with Gasteiger partial charge in [0.05, 0.1) is 0 Å². The smallest absolute Gasteiger partial charge is 0.0448 e. The predicted octanol–water partition coefficient (Wildman–Crippen LogP) is 2.99. The zero-order valence-corrected chi connectivity index (χ0v) is 9.99. The third-order valence-electron chi connectivity index (χ3n) is 2.70. The maximum Gasteiger partial charge on any atom is 0.0448 e. The van der Waals surface area contributed by atoms with Gasteiger partial charge >= 0.3 is 0 Å². The van der Waals surface area contributed by atoms with Crippen molar-refractivity contribution in [2.24, 2.45) is 0 Å². The van der Waals surface area contributed by atoms with E-state index in [1.165, 1.54) is 16.7 Å². The first-order valence-corrected chi connectivity index (χ1v) is 5.49. The molecule has 0 radical (unpaired) electrons. The van der Waals surface area contributed by atoms with Crippen LogP contribution in [0.15, 0.2) is 30.6 Å². The lowest BCUT2D eigenvalue weighted by Crippen LogP contribution is -1.97. The third-order valence-corrected chi connectivity index (χ3v) is 2.70. The number of nitrogens with zero attached hydrogens (tertiary/aromatic N) is 2. The van der Waals surface area contributed by atoms with Gasteiger partial charge in [-0.3, -0.25) is 9.97 Å². The molecular formula is C14H16N2. The van der Waals surface area contributed by atoms with Crippen molar-refractivity contribution in [1.82, 2.24) is 9.97 Å². The van der Waals surface area contributed by atoms with Gasteiger partial charge in [-0.1, -0.05) is 6.07 Å². The summed E-state index contributed by atoms with van der Waals surface area (Å²) in [6.45, 7) is 6.19. The number of hydrogen-bond donors (Lipinski definition) is 0. The van der Waals surface area contributed by atoms with E-state index in [9.17, 15) is 0 Å². The summed E-state index contributed by atoms with van der Waals surface area (Å²) < 4.78 is 0. The lowest BCUT2D eigenvalue weighted by molar-refractivity contribution is 1.02. The summed E-state index contributed by atoms with van der Waals surface area (Å²) in [5.41, 5.74) is 5.90. The number of hydrogen-bond acceptors (Lipinski definition) is 2. The summed E-state index contributed by atoms with van der Waals surface area (Å²) in [6, 6.07) is 6.29. The highest BCUT2D eigenvalue weighted by Crippen LogP contribution is 2.12. The highest BCUT2D eigenvalue weighted by atomic mass is 14.7. The first-order valence-electron chi connectivity index (χ1n) is 5.49. The van der Waals surface area contributed by atoms with Gasteiger partial charge in [0.2, 0.25) is 0 Å². The Balaban J connectivity index is 2.23. The molecule has 0 saturated carbocycles. The van der Waals surface area contributed by atoms with Crippen molar-refractivity contribution in [3.63, 3.8) is 0 Å². The molecule has 0 aromatic carbocycles. The van der Waals surface area contributed by atoms with Crippen molar-refractivity contribution in [2.45, 2.75) is 27.2 Å². The Bertz CT molecular complexity index is 487. The molecule has 0 N–H and O–H groups in total. The van der Waals surface area contributed by atoms with Crippen LogP contribution in [0.5, 0.6) is 0 Å². The van der Waals surface area contributed by atoms with Gasteiger partial charge in [-0.15, -0.1) is 0 Å². The second kappa shape index (κ2) is 4.44. The summed E-state index contributed by atoms with van der Waals surface area (Å²) >= 11 is 0. The zero-order valence-electron chi connectivity index (χ0n) is 9.99. The van der Waals surface area contributed by atoms with E-state index in [0.29, 0.717) is 0 Å². The standard InChI is InChI=1S/C14H16N2/c1-10-4-5-14(16-8-10)7-13-9-15-12(3)6-11(13)2/h4-6,8-9H,7H2,1-3H3. The molecule has 2 heterocycles. The lowest BCUT2D eigenvalue weighted by Gasteiger charge is -2.05. The minimum atomic E-state index is 0.861. The van der Waals surface area contributed by atoms with Crippen LogP contribution in [0, 0.1) is 20.8 Å². The summed E-state index contributed by atoms with van der Waals surface area (Å²) in [5, 5.41) is 0. The topological polar surface area (TPSA) is 25.8 Å². The van der Waals surface area contributed by atoms with Gasteiger partial charge < -0.3 is 0 Å². The van der Waals surface area contributed by atoms with Crippen LogP contribution in [0.3, 0.4) is 0 Å². The fourth-order valence-corrected chi connectivity index (χ4v) is 1.71. The number of rotatable bonds is 2. The van der Waals surface area contributed by atoms with Gasteiger partial charge in [-0.2, -0.15) is 0 Å². The minimum Gasteiger partial charge on any atom is -0.261 e. The fourth-order valence-electron chi connectivity index (χ4n) is 1.71. The van der Waals surface area contributed by atoms with Crippen LogP contribution in [0.1, 0.15) is 28.1 Å². The van der Waals surface area contributed by atoms with Crippen LogP contribution in [0.2, 0.25) is 0 Å². The largest absolute Gasteiger partial charge is 0.261 e. The van der Waals surface area contributed by atoms with Gasteiger partial charge in [0.25, 0.3) is 0 Å². The van der Waals surface area contributed by atoms with E-state index in [2.05, 4.69) is 42.0 Å². The molecule has 0 aliphatic heterocycles. The molecule has 0 saturated heterocycles. The molecule has 2 aromatic rings. The quantitative estimate of drug-likeness (QED) is 0.764. The summed E-state index contributed by atoms with van der Waals surface area (Å²) in [5.74, 6) is 0. The van der Waals surface area contributed by atoms with Gasteiger partial charge in [0.15, 0.2) is 0 Å². The number of aromatic nitrogens is 2. The van der Waals surface area contributed by atoms with Gasteiger partial charge in [-0.25, -0.2) is 0 Å². The molecule has 2 nitrogen and oxygen atoms in total. The SMILES string of the molecule is Cc1ccc(Cc2cnc(C)cc2C)nc1. The van der Waals surface area contributed by atoms with Crippen molar-refractivity contribution < 1.29 is 0 Å². The Morgan fingerprint density at radius 2 is 1.81 bits per heavy atom. The fraction of sp³-hybridized carbons (Fsp3) is 0.286. The molecule has 0 unspecified atom stereocenters. The van der Waals surface area contributed by atoms with E-state index in [-0.39, 0.29) is 0 Å². The molecule has 0 aliphatic rings. The van der Waals surface area contributed by atoms with Crippen molar-refractivity contribution in [3.8, 4) is 0 Å². The van der Waals surface area contributed by atoms with E-state index < -0.39 is 0 Å². The number of aryl methyl sites for hydroxylation is 3. The van der Waals surface area contributed by atoms with E-state index in [4.69, 9.17) is 0 Å². The Hall–Kier alpha value is -1.70.